The van der Waals surface area contributed by atoms with E-state index in [1.165, 1.54) is 5.56 Å². The fourth-order valence-corrected chi connectivity index (χ4v) is 5.29. The molecule has 2 unspecified atom stereocenters. The summed E-state index contributed by atoms with van der Waals surface area (Å²) in [5.74, 6) is 1.95. The maximum atomic E-state index is 11.3. The topological polar surface area (TPSA) is 88.7 Å². The van der Waals surface area contributed by atoms with Crippen molar-refractivity contribution in [2.45, 2.75) is 51.4 Å². The molecule has 0 spiro atoms. The second kappa shape index (κ2) is 12.0. The summed E-state index contributed by atoms with van der Waals surface area (Å²) >= 11 is 0. The van der Waals surface area contributed by atoms with Crippen molar-refractivity contribution in [2.75, 3.05) is 26.7 Å². The first-order valence-electron chi connectivity index (χ1n) is 12.4. The van der Waals surface area contributed by atoms with Crippen LogP contribution in [0.25, 0.3) is 10.9 Å². The number of fused-ring (bicyclic) bond motifs is 1. The van der Waals surface area contributed by atoms with Crippen molar-refractivity contribution < 1.29 is 19.1 Å². The van der Waals surface area contributed by atoms with Crippen LogP contribution < -0.4 is 4.74 Å². The molecule has 0 aliphatic carbocycles. The monoisotopic (exact) mass is 465 g/mol. The van der Waals surface area contributed by atoms with E-state index >= 15 is 0 Å². The van der Waals surface area contributed by atoms with Crippen molar-refractivity contribution in [3.05, 3.63) is 54.4 Å². The number of carboxylic acid groups (broad SMARTS) is 1. The van der Waals surface area contributed by atoms with Crippen LogP contribution in [0, 0.1) is 11.8 Å². The number of aliphatic carboxylic acids is 1. The fraction of sp³-hybridized carbons (Fsp3) is 0.519. The second-order valence-corrected chi connectivity index (χ2v) is 9.32. The molecule has 0 amide bonds. The van der Waals surface area contributed by atoms with Crippen LogP contribution in [0.4, 0.5) is 0 Å². The highest BCUT2D eigenvalue weighted by atomic mass is 16.5. The molecule has 0 radical (unpaired) electrons. The van der Waals surface area contributed by atoms with Gasteiger partial charge in [0.25, 0.3) is 0 Å². The minimum Gasteiger partial charge on any atom is -0.497 e. The molecule has 2 atom stereocenters. The summed E-state index contributed by atoms with van der Waals surface area (Å²) in [4.78, 5) is 22.4. The molecule has 4 rings (SSSR count). The molecule has 3 heterocycles. The third kappa shape index (κ3) is 6.56. The number of aryl methyl sites for hydroxylation is 2. The molecule has 34 heavy (non-hydrogen) atoms. The summed E-state index contributed by atoms with van der Waals surface area (Å²) in [5.41, 5.74) is 2.30. The van der Waals surface area contributed by atoms with Gasteiger partial charge in [0.05, 0.1) is 18.8 Å². The van der Waals surface area contributed by atoms with Gasteiger partial charge in [0.2, 0.25) is 0 Å². The summed E-state index contributed by atoms with van der Waals surface area (Å²) < 4.78 is 10.7. The Hall–Kier alpha value is -2.93. The van der Waals surface area contributed by atoms with Crippen LogP contribution in [-0.2, 0) is 17.6 Å². The van der Waals surface area contributed by atoms with Crippen molar-refractivity contribution in [1.82, 2.24) is 14.9 Å². The van der Waals surface area contributed by atoms with Crippen LogP contribution in [0.15, 0.2) is 47.3 Å². The quantitative estimate of drug-likeness (QED) is 0.403. The van der Waals surface area contributed by atoms with Gasteiger partial charge in [-0.25, -0.2) is 4.98 Å². The molecule has 182 valence electrons. The van der Waals surface area contributed by atoms with Crippen LogP contribution in [0.5, 0.6) is 5.75 Å². The van der Waals surface area contributed by atoms with Gasteiger partial charge < -0.3 is 19.2 Å². The summed E-state index contributed by atoms with van der Waals surface area (Å²) in [6, 6.07) is 8.15. The molecule has 1 aliphatic heterocycles. The highest BCUT2D eigenvalue weighted by molar-refractivity contribution is 5.83. The molecule has 1 aromatic carbocycles. The molecular formula is C27H35N3O4. The number of methoxy groups -OCH3 is 1. The lowest BCUT2D eigenvalue weighted by atomic mass is 9.79. The zero-order valence-electron chi connectivity index (χ0n) is 20.0. The van der Waals surface area contributed by atoms with Gasteiger partial charge >= 0.3 is 5.97 Å². The Balaban J connectivity index is 1.32. The molecular weight excluding hydrogens is 430 g/mol. The second-order valence-electron chi connectivity index (χ2n) is 9.32. The molecule has 1 aliphatic rings. The van der Waals surface area contributed by atoms with Gasteiger partial charge in [0.1, 0.15) is 12.0 Å². The van der Waals surface area contributed by atoms with E-state index in [0.717, 1.165) is 87.1 Å². The number of ether oxygens (including phenoxy) is 1. The minimum atomic E-state index is -0.697. The number of benzene rings is 1. The largest absolute Gasteiger partial charge is 0.497 e. The van der Waals surface area contributed by atoms with Gasteiger partial charge in [-0.3, -0.25) is 9.78 Å². The smallest absolute Gasteiger partial charge is 0.303 e. The lowest BCUT2D eigenvalue weighted by molar-refractivity contribution is -0.137. The minimum absolute atomic E-state index is 0.250. The molecule has 3 aromatic rings. The SMILES string of the molecule is COc1ccc2nccc(CCCC3CCN(CCCc4ncco4)CC3CCC(=O)O)c2c1. The van der Waals surface area contributed by atoms with E-state index in [9.17, 15) is 9.90 Å². The fourth-order valence-electron chi connectivity index (χ4n) is 5.29. The van der Waals surface area contributed by atoms with Gasteiger partial charge in [-0.1, -0.05) is 0 Å². The van der Waals surface area contributed by atoms with Gasteiger partial charge in [0, 0.05) is 31.0 Å². The summed E-state index contributed by atoms with van der Waals surface area (Å²) in [6.07, 6.45) is 12.4. The number of hydrogen-bond donors (Lipinski definition) is 1. The number of carbonyl (C=O) groups is 1. The standard InChI is InChI=1S/C27H35N3O4/c1-33-23-8-9-25-24(18-23)21(11-13-28-25)5-2-4-20-12-16-30(19-22(20)7-10-27(31)32)15-3-6-26-29-14-17-34-26/h8-9,11,13-14,17-18,20,22H,2-7,10,12,15-16,19H2,1H3,(H,31,32). The first kappa shape index (κ1) is 24.2. The average molecular weight is 466 g/mol. The number of hydrogen-bond acceptors (Lipinski definition) is 6. The predicted octanol–water partition coefficient (Wildman–Crippen LogP) is 4.99. The molecule has 1 N–H and O–H groups in total. The average Bonchev–Trinajstić information content (AvgIpc) is 3.37. The van der Waals surface area contributed by atoms with Crippen LogP contribution in [0.2, 0.25) is 0 Å². The molecule has 0 bridgehead atoms. The summed E-state index contributed by atoms with van der Waals surface area (Å²) in [5, 5.41) is 10.4. The van der Waals surface area contributed by atoms with Crippen molar-refractivity contribution in [2.24, 2.45) is 11.8 Å². The normalized spacial score (nSPS) is 18.9. The number of aromatic nitrogens is 2. The van der Waals surface area contributed by atoms with Crippen LogP contribution in [-0.4, -0.2) is 52.7 Å². The van der Waals surface area contributed by atoms with Crippen molar-refractivity contribution in [3.63, 3.8) is 0 Å². The maximum absolute atomic E-state index is 11.3. The zero-order chi connectivity index (χ0) is 23.8. The van der Waals surface area contributed by atoms with E-state index in [-0.39, 0.29) is 6.42 Å². The number of oxazole rings is 1. The van der Waals surface area contributed by atoms with E-state index in [1.807, 2.05) is 18.3 Å². The van der Waals surface area contributed by atoms with E-state index in [0.29, 0.717) is 11.8 Å². The van der Waals surface area contributed by atoms with Gasteiger partial charge in [0.15, 0.2) is 5.89 Å². The Morgan fingerprint density at radius 2 is 2.06 bits per heavy atom. The number of carboxylic acids is 1. The third-order valence-corrected chi connectivity index (χ3v) is 7.11. The van der Waals surface area contributed by atoms with Gasteiger partial charge in [-0.05, 0) is 93.3 Å². The number of nitrogens with zero attached hydrogens (tertiary/aromatic N) is 3. The first-order chi connectivity index (χ1) is 16.6. The van der Waals surface area contributed by atoms with Crippen LogP contribution in [0.1, 0.15) is 50.0 Å². The maximum Gasteiger partial charge on any atom is 0.303 e. The highest BCUT2D eigenvalue weighted by Crippen LogP contribution is 2.32. The number of piperidine rings is 1. The lowest BCUT2D eigenvalue weighted by Gasteiger charge is -2.39. The van der Waals surface area contributed by atoms with Crippen molar-refractivity contribution >= 4 is 16.9 Å². The van der Waals surface area contributed by atoms with Gasteiger partial charge in [-0.15, -0.1) is 0 Å². The van der Waals surface area contributed by atoms with E-state index in [2.05, 4.69) is 27.0 Å². The van der Waals surface area contributed by atoms with Crippen molar-refractivity contribution in [3.8, 4) is 5.75 Å². The molecule has 1 fully saturated rings. The molecule has 7 heteroatoms. The lowest BCUT2D eigenvalue weighted by Crippen LogP contribution is -2.41. The Morgan fingerprint density at radius 3 is 2.85 bits per heavy atom. The van der Waals surface area contributed by atoms with E-state index < -0.39 is 5.97 Å². The Bertz CT molecular complexity index is 1050. The Kier molecular flexibility index (Phi) is 8.52. The van der Waals surface area contributed by atoms with Crippen LogP contribution >= 0.6 is 0 Å². The van der Waals surface area contributed by atoms with Gasteiger partial charge in [-0.2, -0.15) is 0 Å². The Labute approximate surface area is 201 Å². The number of pyridine rings is 1. The number of likely N-dealkylation sites (tertiary alicyclic amines) is 1. The molecule has 0 saturated carbocycles. The Morgan fingerprint density at radius 1 is 1.15 bits per heavy atom. The highest BCUT2D eigenvalue weighted by Gasteiger charge is 2.29. The van der Waals surface area contributed by atoms with Crippen molar-refractivity contribution in [1.29, 1.82) is 0 Å². The summed E-state index contributed by atoms with van der Waals surface area (Å²) in [7, 11) is 1.69. The molecule has 2 aromatic heterocycles. The third-order valence-electron chi connectivity index (χ3n) is 7.11. The summed E-state index contributed by atoms with van der Waals surface area (Å²) in [6.45, 7) is 3.07. The van der Waals surface area contributed by atoms with Crippen LogP contribution in [0.3, 0.4) is 0 Å². The zero-order valence-corrected chi connectivity index (χ0v) is 20.0. The first-order valence-corrected chi connectivity index (χ1v) is 12.4. The molecule has 1 saturated heterocycles. The number of rotatable bonds is 12. The molecule has 7 nitrogen and oxygen atoms in total. The predicted molar refractivity (Wildman–Crippen MR) is 131 cm³/mol. The van der Waals surface area contributed by atoms with E-state index in [4.69, 9.17) is 9.15 Å². The van der Waals surface area contributed by atoms with E-state index in [1.54, 1.807) is 19.6 Å².